The molecule has 1 unspecified atom stereocenters. The van der Waals surface area contributed by atoms with Gasteiger partial charge in [0.15, 0.2) is 17.8 Å². The molecule has 190 valence electrons. The van der Waals surface area contributed by atoms with Crippen LogP contribution < -0.4 is 5.32 Å². The van der Waals surface area contributed by atoms with Gasteiger partial charge in [0.25, 0.3) is 0 Å². The molecule has 4 atom stereocenters. The molecular weight excluding hydrogens is 524 g/mol. The molecule has 1 saturated heterocycles. The first kappa shape index (κ1) is 26.2. The number of halogens is 1. The molecule has 1 aliphatic rings. The van der Waals surface area contributed by atoms with Crippen LogP contribution >= 0.6 is 26.8 Å². The third-order valence-electron chi connectivity index (χ3n) is 5.29. The number of fused-ring (bicyclic) bond motifs is 1. The average Bonchev–Trinajstić information content (AvgIpc) is 3.33. The SMILES string of the molecule is Cc1ccc(CNc2nc(Cl)nc3c2cnn3[C@H]2C[C@H](O)[C@@H](COP(=O)(O)CP(=O)(O)O)O2)cc1. The molecule has 0 aliphatic carbocycles. The zero-order valence-corrected chi connectivity index (χ0v) is 21.0. The summed E-state index contributed by atoms with van der Waals surface area (Å²) in [5.41, 5.74) is 2.54. The van der Waals surface area contributed by atoms with Gasteiger partial charge in [-0.3, -0.25) is 9.13 Å². The van der Waals surface area contributed by atoms with Crippen molar-refractivity contribution in [3.63, 3.8) is 0 Å². The van der Waals surface area contributed by atoms with E-state index in [0.717, 1.165) is 11.1 Å². The number of nitrogens with zero attached hydrogens (tertiary/aromatic N) is 4. The zero-order valence-electron chi connectivity index (χ0n) is 18.4. The topological polar surface area (TPSA) is 189 Å². The summed E-state index contributed by atoms with van der Waals surface area (Å²) >= 11 is 6.14. The van der Waals surface area contributed by atoms with Crippen LogP contribution in [0.1, 0.15) is 23.8 Å². The normalized spacial score (nSPS) is 22.4. The standard InChI is InChI=1S/C19H24ClN5O8P2/c1-11-2-4-12(5-3-11)7-21-17-13-8-22-25(18(13)24-19(20)23-17)16-6-14(26)15(33-16)9-32-35(30,31)10-34(27,28)29/h2-5,8,14-16,26H,6-7,9-10H2,1H3,(H,30,31)(H,21,23,24)(H2,27,28,29)/t14-,15+,16+/m0/s1. The van der Waals surface area contributed by atoms with Crippen molar-refractivity contribution < 1.29 is 38.2 Å². The molecule has 0 spiro atoms. The molecule has 0 saturated carbocycles. The highest BCUT2D eigenvalue weighted by molar-refractivity contribution is 7.70. The molecule has 0 amide bonds. The van der Waals surface area contributed by atoms with Crippen LogP contribution in [0.5, 0.6) is 0 Å². The highest BCUT2D eigenvalue weighted by Gasteiger charge is 2.39. The van der Waals surface area contributed by atoms with Crippen molar-refractivity contribution in [3.8, 4) is 0 Å². The van der Waals surface area contributed by atoms with E-state index in [1.54, 1.807) is 0 Å². The summed E-state index contributed by atoms with van der Waals surface area (Å²) in [7, 11) is -9.35. The van der Waals surface area contributed by atoms with Gasteiger partial charge in [0.05, 0.1) is 24.3 Å². The molecule has 2 aromatic heterocycles. The van der Waals surface area contributed by atoms with Gasteiger partial charge in [-0.05, 0) is 24.1 Å². The van der Waals surface area contributed by atoms with E-state index in [-0.39, 0.29) is 11.7 Å². The minimum Gasteiger partial charge on any atom is -0.390 e. The molecule has 35 heavy (non-hydrogen) atoms. The Hall–Kier alpha value is -1.92. The van der Waals surface area contributed by atoms with Gasteiger partial charge in [-0.2, -0.15) is 15.1 Å². The number of aliphatic hydroxyl groups excluding tert-OH is 1. The minimum absolute atomic E-state index is 0.0252. The second-order valence-electron chi connectivity index (χ2n) is 8.18. The van der Waals surface area contributed by atoms with Gasteiger partial charge in [-0.25, -0.2) is 4.68 Å². The number of benzene rings is 1. The van der Waals surface area contributed by atoms with Crippen LogP contribution in [0.25, 0.3) is 11.0 Å². The third kappa shape index (κ3) is 6.65. The molecule has 3 heterocycles. The number of hydrogen-bond acceptors (Lipinski definition) is 9. The smallest absolute Gasteiger partial charge is 0.340 e. The van der Waals surface area contributed by atoms with Crippen molar-refractivity contribution in [2.24, 2.45) is 0 Å². The Labute approximate surface area is 204 Å². The summed E-state index contributed by atoms with van der Waals surface area (Å²) in [6.07, 6.45) is -1.33. The first-order valence-corrected chi connectivity index (χ1v) is 14.4. The molecule has 13 nitrogen and oxygen atoms in total. The summed E-state index contributed by atoms with van der Waals surface area (Å²) in [6, 6.07) is 7.99. The molecule has 1 fully saturated rings. The summed E-state index contributed by atoms with van der Waals surface area (Å²) in [6.45, 7) is 1.94. The maximum Gasteiger partial charge on any atom is 0.340 e. The lowest BCUT2D eigenvalue weighted by Crippen LogP contribution is -2.26. The third-order valence-corrected chi connectivity index (χ3v) is 8.91. The van der Waals surface area contributed by atoms with Crippen molar-refractivity contribution in [3.05, 3.63) is 46.9 Å². The van der Waals surface area contributed by atoms with Gasteiger partial charge in [0, 0.05) is 13.0 Å². The lowest BCUT2D eigenvalue weighted by atomic mass is 10.1. The van der Waals surface area contributed by atoms with E-state index in [4.69, 9.17) is 30.6 Å². The fraction of sp³-hybridized carbons (Fsp3) is 0.421. The number of aromatic nitrogens is 4. The molecule has 16 heteroatoms. The largest absolute Gasteiger partial charge is 0.390 e. The van der Waals surface area contributed by atoms with Crippen molar-refractivity contribution in [2.75, 3.05) is 17.8 Å². The van der Waals surface area contributed by atoms with E-state index < -0.39 is 46.1 Å². The summed E-state index contributed by atoms with van der Waals surface area (Å²) in [5, 5.41) is 18.4. The molecular formula is C19H24ClN5O8P2. The number of ether oxygens (including phenoxy) is 1. The minimum atomic E-state index is -4.77. The Bertz CT molecular complexity index is 1300. The summed E-state index contributed by atoms with van der Waals surface area (Å²) in [5.74, 6) is -0.868. The van der Waals surface area contributed by atoms with Crippen LogP contribution in [0.4, 0.5) is 5.82 Å². The first-order valence-electron chi connectivity index (χ1n) is 10.4. The molecule has 4 rings (SSSR count). The van der Waals surface area contributed by atoms with Crippen molar-refractivity contribution in [1.29, 1.82) is 0 Å². The predicted octanol–water partition coefficient (Wildman–Crippen LogP) is 2.39. The fourth-order valence-corrected chi connectivity index (χ4v) is 6.35. The van der Waals surface area contributed by atoms with Crippen molar-refractivity contribution in [2.45, 2.75) is 38.3 Å². The Kier molecular flexibility index (Phi) is 7.63. The maximum atomic E-state index is 11.9. The van der Waals surface area contributed by atoms with Crippen LogP contribution in [0, 0.1) is 6.92 Å². The zero-order chi connectivity index (χ0) is 25.4. The quantitative estimate of drug-likeness (QED) is 0.194. The maximum absolute atomic E-state index is 11.9. The Balaban J connectivity index is 1.48. The summed E-state index contributed by atoms with van der Waals surface area (Å²) < 4.78 is 34.8. The predicted molar refractivity (Wildman–Crippen MR) is 126 cm³/mol. The molecule has 1 aliphatic heterocycles. The van der Waals surface area contributed by atoms with E-state index in [1.165, 1.54) is 10.9 Å². The van der Waals surface area contributed by atoms with Crippen LogP contribution in [0.2, 0.25) is 5.28 Å². The molecule has 0 bridgehead atoms. The number of aliphatic hydroxyl groups is 1. The van der Waals surface area contributed by atoms with Crippen LogP contribution in [0.15, 0.2) is 30.5 Å². The molecule has 0 radical (unpaired) electrons. The number of aryl methyl sites for hydroxylation is 1. The monoisotopic (exact) mass is 547 g/mol. The number of anilines is 1. The van der Waals surface area contributed by atoms with E-state index in [2.05, 4.69) is 20.4 Å². The second kappa shape index (κ2) is 10.2. The van der Waals surface area contributed by atoms with Crippen LogP contribution in [0.3, 0.4) is 0 Å². The molecule has 5 N–H and O–H groups in total. The Morgan fingerprint density at radius 2 is 1.94 bits per heavy atom. The number of hydrogen-bond donors (Lipinski definition) is 5. The number of rotatable bonds is 9. The second-order valence-corrected chi connectivity index (χ2v) is 12.5. The Morgan fingerprint density at radius 3 is 2.63 bits per heavy atom. The van der Waals surface area contributed by atoms with E-state index in [0.29, 0.717) is 23.4 Å². The van der Waals surface area contributed by atoms with Gasteiger partial charge >= 0.3 is 15.2 Å². The summed E-state index contributed by atoms with van der Waals surface area (Å²) in [4.78, 5) is 35.9. The lowest BCUT2D eigenvalue weighted by molar-refractivity contribution is -0.0434. The van der Waals surface area contributed by atoms with Crippen molar-refractivity contribution >= 4 is 43.6 Å². The van der Waals surface area contributed by atoms with E-state index >= 15 is 0 Å². The van der Waals surface area contributed by atoms with E-state index in [9.17, 15) is 19.1 Å². The Morgan fingerprint density at radius 1 is 1.23 bits per heavy atom. The van der Waals surface area contributed by atoms with Crippen LogP contribution in [-0.4, -0.2) is 64.3 Å². The lowest BCUT2D eigenvalue weighted by Gasteiger charge is -2.18. The van der Waals surface area contributed by atoms with Gasteiger partial charge < -0.3 is 34.4 Å². The van der Waals surface area contributed by atoms with E-state index in [1.807, 2.05) is 31.2 Å². The van der Waals surface area contributed by atoms with Gasteiger partial charge in [0.1, 0.15) is 11.9 Å². The van der Waals surface area contributed by atoms with Crippen LogP contribution in [-0.2, 0) is 24.9 Å². The van der Waals surface area contributed by atoms with Gasteiger partial charge in [-0.15, -0.1) is 0 Å². The van der Waals surface area contributed by atoms with Crippen molar-refractivity contribution in [1.82, 2.24) is 19.7 Å². The van der Waals surface area contributed by atoms with Gasteiger partial charge in [-0.1, -0.05) is 29.8 Å². The highest BCUT2D eigenvalue weighted by Crippen LogP contribution is 2.55. The number of nitrogens with one attached hydrogen (secondary N) is 1. The fourth-order valence-electron chi connectivity index (χ4n) is 3.61. The van der Waals surface area contributed by atoms with Gasteiger partial charge in [0.2, 0.25) is 5.28 Å². The molecule has 1 aromatic carbocycles. The first-order chi connectivity index (χ1) is 16.4. The average molecular weight is 548 g/mol. The molecule has 3 aromatic rings. The highest BCUT2D eigenvalue weighted by atomic mass is 35.5.